The molecule has 0 N–H and O–H groups in total. The van der Waals surface area contributed by atoms with Crippen LogP contribution in [0.1, 0.15) is 83.6 Å². The van der Waals surface area contributed by atoms with Gasteiger partial charge in [0.25, 0.3) is 0 Å². The van der Waals surface area contributed by atoms with Crippen LogP contribution in [0.3, 0.4) is 0 Å². The van der Waals surface area contributed by atoms with Crippen LogP contribution in [-0.2, 0) is 6.42 Å². The summed E-state index contributed by atoms with van der Waals surface area (Å²) >= 11 is 0. The Kier molecular flexibility index (Phi) is 8.50. The number of benzene rings is 1. The lowest BCUT2D eigenvalue weighted by Crippen LogP contribution is -2.12. The highest BCUT2D eigenvalue weighted by atomic mass is 14.2. The quantitative estimate of drug-likeness (QED) is 0.396. The fraction of sp³-hybridized carbons (Fsp3) is 0.652. The van der Waals surface area contributed by atoms with E-state index in [1.54, 1.807) is 5.57 Å². The summed E-state index contributed by atoms with van der Waals surface area (Å²) in [7, 11) is 0. The van der Waals surface area contributed by atoms with Crippen LogP contribution in [0.25, 0.3) is 0 Å². The molecule has 1 aromatic carbocycles. The van der Waals surface area contributed by atoms with E-state index in [-0.39, 0.29) is 0 Å². The third kappa shape index (κ3) is 6.53. The van der Waals surface area contributed by atoms with Gasteiger partial charge in [-0.25, -0.2) is 0 Å². The van der Waals surface area contributed by atoms with Crippen LogP contribution in [-0.4, -0.2) is 0 Å². The SMILES string of the molecule is CCCCC1CC=C(C(CCC)CCCc2ccccc2)CC1. The van der Waals surface area contributed by atoms with E-state index in [0.29, 0.717) is 0 Å². The second-order valence-corrected chi connectivity index (χ2v) is 7.43. The fourth-order valence-electron chi connectivity index (χ4n) is 4.10. The number of unbranched alkanes of at least 4 members (excludes halogenated alkanes) is 1. The van der Waals surface area contributed by atoms with Gasteiger partial charge in [0.1, 0.15) is 0 Å². The maximum Gasteiger partial charge on any atom is -0.0203 e. The highest BCUT2D eigenvalue weighted by Crippen LogP contribution is 2.34. The summed E-state index contributed by atoms with van der Waals surface area (Å²) in [6.07, 6.45) is 17.7. The first-order chi connectivity index (χ1) is 11.3. The fourth-order valence-corrected chi connectivity index (χ4v) is 4.10. The van der Waals surface area contributed by atoms with Crippen LogP contribution >= 0.6 is 0 Å². The molecule has 0 amide bonds. The average molecular weight is 313 g/mol. The zero-order valence-corrected chi connectivity index (χ0v) is 15.4. The largest absolute Gasteiger partial charge is 0.0848 e. The Hall–Kier alpha value is -1.04. The lowest BCUT2D eigenvalue weighted by atomic mass is 9.79. The smallest absolute Gasteiger partial charge is 0.0203 e. The number of allylic oxidation sites excluding steroid dienone is 2. The first kappa shape index (κ1) is 18.3. The molecule has 0 spiro atoms. The van der Waals surface area contributed by atoms with Gasteiger partial charge in [0.2, 0.25) is 0 Å². The standard InChI is InChI=1S/C23H36/c1-3-5-11-21-16-18-23(19-17-21)22(10-4-2)15-9-14-20-12-7-6-8-13-20/h6-8,12-13,18,21-22H,3-5,9-11,14-17,19H2,1-2H3. The summed E-state index contributed by atoms with van der Waals surface area (Å²) in [4.78, 5) is 0. The van der Waals surface area contributed by atoms with Crippen molar-refractivity contribution in [3.05, 3.63) is 47.5 Å². The van der Waals surface area contributed by atoms with Gasteiger partial charge < -0.3 is 0 Å². The molecule has 0 aliphatic heterocycles. The van der Waals surface area contributed by atoms with Gasteiger partial charge in [-0.2, -0.15) is 0 Å². The summed E-state index contributed by atoms with van der Waals surface area (Å²) in [6, 6.07) is 11.0. The molecule has 2 rings (SSSR count). The Morgan fingerprint density at radius 3 is 2.48 bits per heavy atom. The maximum atomic E-state index is 2.63. The van der Waals surface area contributed by atoms with Crippen LogP contribution in [0.4, 0.5) is 0 Å². The predicted octanol–water partition coefficient (Wildman–Crippen LogP) is 7.34. The van der Waals surface area contributed by atoms with Crippen molar-refractivity contribution in [2.75, 3.05) is 0 Å². The Labute approximate surface area is 144 Å². The highest BCUT2D eigenvalue weighted by molar-refractivity contribution is 5.15. The van der Waals surface area contributed by atoms with Crippen molar-refractivity contribution in [2.24, 2.45) is 11.8 Å². The Bertz CT molecular complexity index is 442. The molecule has 1 aromatic rings. The van der Waals surface area contributed by atoms with E-state index in [2.05, 4.69) is 50.3 Å². The molecule has 2 unspecified atom stereocenters. The number of rotatable bonds is 10. The van der Waals surface area contributed by atoms with E-state index in [1.165, 1.54) is 76.2 Å². The maximum absolute atomic E-state index is 2.63. The van der Waals surface area contributed by atoms with Crippen molar-refractivity contribution in [2.45, 2.75) is 84.5 Å². The Morgan fingerprint density at radius 2 is 1.83 bits per heavy atom. The van der Waals surface area contributed by atoms with Crippen LogP contribution in [0.15, 0.2) is 42.0 Å². The van der Waals surface area contributed by atoms with Crippen LogP contribution < -0.4 is 0 Å². The summed E-state index contributed by atoms with van der Waals surface area (Å²) in [5.41, 5.74) is 3.30. The molecular weight excluding hydrogens is 276 g/mol. The Morgan fingerprint density at radius 1 is 1.00 bits per heavy atom. The first-order valence-corrected chi connectivity index (χ1v) is 10.1. The van der Waals surface area contributed by atoms with Crippen molar-refractivity contribution in [3.8, 4) is 0 Å². The molecule has 2 atom stereocenters. The molecule has 0 fully saturated rings. The van der Waals surface area contributed by atoms with Gasteiger partial charge in [0, 0.05) is 0 Å². The lowest BCUT2D eigenvalue weighted by Gasteiger charge is -2.27. The van der Waals surface area contributed by atoms with E-state index in [1.807, 2.05) is 0 Å². The molecule has 128 valence electrons. The van der Waals surface area contributed by atoms with Gasteiger partial charge in [0.15, 0.2) is 0 Å². The third-order valence-corrected chi connectivity index (χ3v) is 5.54. The Balaban J connectivity index is 1.80. The second kappa shape index (κ2) is 10.7. The van der Waals surface area contributed by atoms with E-state index in [9.17, 15) is 0 Å². The minimum absolute atomic E-state index is 0.857. The second-order valence-electron chi connectivity index (χ2n) is 7.43. The molecular formula is C23H36. The molecule has 0 saturated carbocycles. The number of hydrogen-bond donors (Lipinski definition) is 0. The van der Waals surface area contributed by atoms with E-state index >= 15 is 0 Å². The summed E-state index contributed by atoms with van der Waals surface area (Å²) in [5.74, 6) is 1.83. The summed E-state index contributed by atoms with van der Waals surface area (Å²) < 4.78 is 0. The van der Waals surface area contributed by atoms with Crippen molar-refractivity contribution in [3.63, 3.8) is 0 Å². The summed E-state index contributed by atoms with van der Waals surface area (Å²) in [5, 5.41) is 0. The molecule has 1 aliphatic carbocycles. The minimum atomic E-state index is 0.857. The molecule has 1 aliphatic rings. The van der Waals surface area contributed by atoms with E-state index in [4.69, 9.17) is 0 Å². The highest BCUT2D eigenvalue weighted by Gasteiger charge is 2.19. The van der Waals surface area contributed by atoms with Gasteiger partial charge in [-0.1, -0.05) is 81.5 Å². The monoisotopic (exact) mass is 312 g/mol. The molecule has 0 heterocycles. The number of aryl methyl sites for hydroxylation is 1. The molecule has 0 heteroatoms. The third-order valence-electron chi connectivity index (χ3n) is 5.54. The summed E-state index contributed by atoms with van der Waals surface area (Å²) in [6.45, 7) is 4.66. The van der Waals surface area contributed by atoms with Crippen molar-refractivity contribution < 1.29 is 0 Å². The average Bonchev–Trinajstić information content (AvgIpc) is 2.61. The molecule has 0 bridgehead atoms. The normalized spacial score (nSPS) is 19.4. The lowest BCUT2D eigenvalue weighted by molar-refractivity contribution is 0.389. The van der Waals surface area contributed by atoms with Crippen LogP contribution in [0, 0.1) is 11.8 Å². The van der Waals surface area contributed by atoms with Crippen LogP contribution in [0.5, 0.6) is 0 Å². The van der Waals surface area contributed by atoms with Gasteiger partial charge in [-0.15, -0.1) is 0 Å². The molecule has 23 heavy (non-hydrogen) atoms. The van der Waals surface area contributed by atoms with Gasteiger partial charge in [-0.3, -0.25) is 0 Å². The zero-order chi connectivity index (χ0) is 16.3. The van der Waals surface area contributed by atoms with Gasteiger partial charge in [0.05, 0.1) is 0 Å². The predicted molar refractivity (Wildman–Crippen MR) is 103 cm³/mol. The van der Waals surface area contributed by atoms with E-state index < -0.39 is 0 Å². The van der Waals surface area contributed by atoms with Gasteiger partial charge >= 0.3 is 0 Å². The van der Waals surface area contributed by atoms with Gasteiger partial charge in [-0.05, 0) is 62.3 Å². The van der Waals surface area contributed by atoms with Crippen LogP contribution in [0.2, 0.25) is 0 Å². The van der Waals surface area contributed by atoms with Crippen molar-refractivity contribution >= 4 is 0 Å². The molecule has 0 saturated heterocycles. The molecule has 0 radical (unpaired) electrons. The van der Waals surface area contributed by atoms with E-state index in [0.717, 1.165) is 11.8 Å². The zero-order valence-electron chi connectivity index (χ0n) is 15.4. The number of hydrogen-bond acceptors (Lipinski definition) is 0. The minimum Gasteiger partial charge on any atom is -0.0848 e. The molecule has 0 nitrogen and oxygen atoms in total. The first-order valence-electron chi connectivity index (χ1n) is 10.1. The topological polar surface area (TPSA) is 0 Å². The van der Waals surface area contributed by atoms with Crippen molar-refractivity contribution in [1.82, 2.24) is 0 Å². The van der Waals surface area contributed by atoms with Crippen molar-refractivity contribution in [1.29, 1.82) is 0 Å². The molecule has 0 aromatic heterocycles.